The molecule has 0 amide bonds. The Morgan fingerprint density at radius 3 is 2.40 bits per heavy atom. The number of ether oxygens (including phenoxy) is 2. The van der Waals surface area contributed by atoms with Gasteiger partial charge in [0.05, 0.1) is 6.61 Å². The lowest BCUT2D eigenvalue weighted by Gasteiger charge is -2.12. The molecule has 0 fully saturated rings. The summed E-state index contributed by atoms with van der Waals surface area (Å²) in [7, 11) is 0. The number of hydrogen-bond donors (Lipinski definition) is 0. The molecular formula is C17H18O3. The molecule has 0 unspecified atom stereocenters. The Kier molecular flexibility index (Phi) is 4.77. The summed E-state index contributed by atoms with van der Waals surface area (Å²) < 4.78 is 11.3. The third-order valence-electron chi connectivity index (χ3n) is 2.89. The number of benzene rings is 2. The monoisotopic (exact) mass is 270 g/mol. The average molecular weight is 270 g/mol. The second-order valence-electron chi connectivity index (χ2n) is 4.42. The Morgan fingerprint density at radius 1 is 1.00 bits per heavy atom. The maximum absolute atomic E-state index is 11.4. The lowest BCUT2D eigenvalue weighted by atomic mass is 10.1. The van der Waals surface area contributed by atoms with Crippen molar-refractivity contribution in [3.05, 3.63) is 59.7 Å². The molecule has 20 heavy (non-hydrogen) atoms. The minimum absolute atomic E-state index is 0.0144. The predicted octanol–water partition coefficient (Wildman–Crippen LogP) is 3.87. The molecule has 3 heteroatoms. The highest BCUT2D eigenvalue weighted by atomic mass is 16.5. The van der Waals surface area contributed by atoms with Crippen molar-refractivity contribution in [3.63, 3.8) is 0 Å². The van der Waals surface area contributed by atoms with Crippen LogP contribution in [0.5, 0.6) is 11.5 Å². The fourth-order valence-electron chi connectivity index (χ4n) is 1.85. The Morgan fingerprint density at radius 2 is 1.75 bits per heavy atom. The predicted molar refractivity (Wildman–Crippen MR) is 78.4 cm³/mol. The molecule has 104 valence electrons. The van der Waals surface area contributed by atoms with Gasteiger partial charge in [-0.15, -0.1) is 0 Å². The van der Waals surface area contributed by atoms with Crippen molar-refractivity contribution in [2.24, 2.45) is 0 Å². The summed E-state index contributed by atoms with van der Waals surface area (Å²) in [5.41, 5.74) is 1.71. The second kappa shape index (κ2) is 6.75. The van der Waals surface area contributed by atoms with Gasteiger partial charge in [0, 0.05) is 5.56 Å². The summed E-state index contributed by atoms with van der Waals surface area (Å²) >= 11 is 0. The van der Waals surface area contributed by atoms with Gasteiger partial charge in [-0.3, -0.25) is 4.79 Å². The molecule has 0 bridgehead atoms. The van der Waals surface area contributed by atoms with Crippen LogP contribution >= 0.6 is 0 Å². The summed E-state index contributed by atoms with van der Waals surface area (Å²) in [4.78, 5) is 11.4. The summed E-state index contributed by atoms with van der Waals surface area (Å²) in [6.07, 6.45) is 0. The molecule has 0 radical (unpaired) electrons. The van der Waals surface area contributed by atoms with Crippen molar-refractivity contribution in [1.29, 1.82) is 0 Å². The van der Waals surface area contributed by atoms with Crippen molar-refractivity contribution in [3.8, 4) is 11.5 Å². The van der Waals surface area contributed by atoms with E-state index in [1.165, 1.54) is 6.92 Å². The number of hydrogen-bond acceptors (Lipinski definition) is 3. The minimum Gasteiger partial charge on any atom is -0.490 e. The van der Waals surface area contributed by atoms with Crippen LogP contribution in [0, 0.1) is 0 Å². The van der Waals surface area contributed by atoms with E-state index in [1.807, 2.05) is 37.3 Å². The number of carbonyl (C=O) groups is 1. The van der Waals surface area contributed by atoms with Gasteiger partial charge in [0.2, 0.25) is 0 Å². The summed E-state index contributed by atoms with van der Waals surface area (Å²) in [6, 6.07) is 15.2. The molecule has 0 atom stereocenters. The van der Waals surface area contributed by atoms with E-state index < -0.39 is 0 Å². The molecule has 0 N–H and O–H groups in total. The maximum Gasteiger partial charge on any atom is 0.161 e. The van der Waals surface area contributed by atoms with E-state index in [0.717, 1.165) is 5.56 Å². The first-order valence-corrected chi connectivity index (χ1v) is 6.65. The molecule has 0 aromatic heterocycles. The number of carbonyl (C=O) groups excluding carboxylic acids is 1. The highest BCUT2D eigenvalue weighted by Gasteiger charge is 2.09. The van der Waals surface area contributed by atoms with Crippen LogP contribution in [0.25, 0.3) is 0 Å². The van der Waals surface area contributed by atoms with Crippen LogP contribution in [0.3, 0.4) is 0 Å². The first-order valence-electron chi connectivity index (χ1n) is 6.65. The molecule has 2 aromatic rings. The van der Waals surface area contributed by atoms with Gasteiger partial charge < -0.3 is 9.47 Å². The SMILES string of the molecule is CCOc1cc(C(C)=O)ccc1OCc1ccccc1. The van der Waals surface area contributed by atoms with E-state index in [1.54, 1.807) is 18.2 Å². The van der Waals surface area contributed by atoms with Crippen molar-refractivity contribution in [1.82, 2.24) is 0 Å². The average Bonchev–Trinajstić information content (AvgIpc) is 2.47. The zero-order valence-corrected chi connectivity index (χ0v) is 11.8. The van der Waals surface area contributed by atoms with Gasteiger partial charge in [-0.05, 0) is 37.6 Å². The molecule has 2 aromatic carbocycles. The van der Waals surface area contributed by atoms with Crippen LogP contribution in [-0.4, -0.2) is 12.4 Å². The second-order valence-corrected chi connectivity index (χ2v) is 4.42. The summed E-state index contributed by atoms with van der Waals surface area (Å²) in [6.45, 7) is 4.44. The Labute approximate surface area is 119 Å². The molecule has 0 saturated carbocycles. The van der Waals surface area contributed by atoms with Crippen LogP contribution < -0.4 is 9.47 Å². The normalized spacial score (nSPS) is 10.1. The maximum atomic E-state index is 11.4. The van der Waals surface area contributed by atoms with Crippen molar-refractivity contribution in [2.75, 3.05) is 6.61 Å². The smallest absolute Gasteiger partial charge is 0.161 e. The first-order chi connectivity index (χ1) is 9.70. The van der Waals surface area contributed by atoms with E-state index in [0.29, 0.717) is 30.3 Å². The highest BCUT2D eigenvalue weighted by molar-refractivity contribution is 5.94. The molecule has 3 nitrogen and oxygen atoms in total. The standard InChI is InChI=1S/C17H18O3/c1-3-19-17-11-15(13(2)18)9-10-16(17)20-12-14-7-5-4-6-8-14/h4-11H,3,12H2,1-2H3. The molecular weight excluding hydrogens is 252 g/mol. The Balaban J connectivity index is 2.16. The molecule has 0 aliphatic carbocycles. The van der Waals surface area contributed by atoms with Crippen LogP contribution in [0.15, 0.2) is 48.5 Å². The Hall–Kier alpha value is -2.29. The van der Waals surface area contributed by atoms with Crippen LogP contribution in [0.2, 0.25) is 0 Å². The van der Waals surface area contributed by atoms with E-state index in [9.17, 15) is 4.79 Å². The third kappa shape index (κ3) is 3.60. The van der Waals surface area contributed by atoms with Gasteiger partial charge in [0.25, 0.3) is 0 Å². The van der Waals surface area contributed by atoms with Gasteiger partial charge in [0.15, 0.2) is 17.3 Å². The van der Waals surface area contributed by atoms with Crippen LogP contribution in [-0.2, 0) is 6.61 Å². The number of ketones is 1. The zero-order valence-electron chi connectivity index (χ0n) is 11.8. The number of rotatable bonds is 6. The molecule has 2 rings (SSSR count). The quantitative estimate of drug-likeness (QED) is 0.747. The zero-order chi connectivity index (χ0) is 14.4. The van der Waals surface area contributed by atoms with Crippen molar-refractivity contribution >= 4 is 5.78 Å². The molecule has 0 spiro atoms. The van der Waals surface area contributed by atoms with Crippen LogP contribution in [0.1, 0.15) is 29.8 Å². The topological polar surface area (TPSA) is 35.5 Å². The van der Waals surface area contributed by atoms with Gasteiger partial charge in [-0.25, -0.2) is 0 Å². The van der Waals surface area contributed by atoms with Gasteiger partial charge in [-0.2, -0.15) is 0 Å². The molecule has 0 aliphatic rings. The van der Waals surface area contributed by atoms with E-state index in [2.05, 4.69) is 0 Å². The molecule has 0 aliphatic heterocycles. The molecule has 0 saturated heterocycles. The fourth-order valence-corrected chi connectivity index (χ4v) is 1.85. The van der Waals surface area contributed by atoms with E-state index in [-0.39, 0.29) is 5.78 Å². The van der Waals surface area contributed by atoms with E-state index >= 15 is 0 Å². The van der Waals surface area contributed by atoms with Gasteiger partial charge >= 0.3 is 0 Å². The van der Waals surface area contributed by atoms with Crippen LogP contribution in [0.4, 0.5) is 0 Å². The summed E-state index contributed by atoms with van der Waals surface area (Å²) in [5.74, 6) is 1.28. The van der Waals surface area contributed by atoms with Gasteiger partial charge in [0.1, 0.15) is 6.61 Å². The highest BCUT2D eigenvalue weighted by Crippen LogP contribution is 2.29. The van der Waals surface area contributed by atoms with Crippen molar-refractivity contribution < 1.29 is 14.3 Å². The largest absolute Gasteiger partial charge is 0.490 e. The van der Waals surface area contributed by atoms with E-state index in [4.69, 9.17) is 9.47 Å². The van der Waals surface area contributed by atoms with Crippen molar-refractivity contribution in [2.45, 2.75) is 20.5 Å². The fraction of sp³-hybridized carbons (Fsp3) is 0.235. The lowest BCUT2D eigenvalue weighted by molar-refractivity contribution is 0.101. The lowest BCUT2D eigenvalue weighted by Crippen LogP contribution is -2.01. The Bertz CT molecular complexity index is 576. The summed E-state index contributed by atoms with van der Waals surface area (Å²) in [5, 5.41) is 0. The molecule has 0 heterocycles. The minimum atomic E-state index is 0.0144. The first kappa shape index (κ1) is 14.1. The number of Topliss-reactive ketones (excluding diaryl/α,β-unsaturated/α-hetero) is 1. The van der Waals surface area contributed by atoms with Gasteiger partial charge in [-0.1, -0.05) is 30.3 Å². The third-order valence-corrected chi connectivity index (χ3v) is 2.89.